The van der Waals surface area contributed by atoms with Crippen LogP contribution in [-0.2, 0) is 4.79 Å². The highest BCUT2D eigenvalue weighted by atomic mass is 16.4. The van der Waals surface area contributed by atoms with Crippen LogP contribution < -0.4 is 0 Å². The summed E-state index contributed by atoms with van der Waals surface area (Å²) in [7, 11) is 0. The Labute approximate surface area is 86.1 Å². The first-order valence-corrected chi connectivity index (χ1v) is 5.56. The SMILES string of the molecule is CCC1CCCN1C(C(=O)O)C(C)C. The Bertz CT molecular complexity index is 203. The van der Waals surface area contributed by atoms with Crippen molar-refractivity contribution in [2.24, 2.45) is 5.92 Å². The Hall–Kier alpha value is -0.570. The fraction of sp³-hybridized carbons (Fsp3) is 0.909. The maximum Gasteiger partial charge on any atom is 0.321 e. The summed E-state index contributed by atoms with van der Waals surface area (Å²) in [6.45, 7) is 7.07. The minimum atomic E-state index is -0.666. The van der Waals surface area contributed by atoms with Gasteiger partial charge in [0.2, 0.25) is 0 Å². The molecule has 1 aliphatic heterocycles. The van der Waals surface area contributed by atoms with E-state index >= 15 is 0 Å². The van der Waals surface area contributed by atoms with Crippen LogP contribution in [0.25, 0.3) is 0 Å². The molecule has 2 atom stereocenters. The molecule has 0 radical (unpaired) electrons. The molecule has 0 saturated carbocycles. The molecular formula is C11H21NO2. The smallest absolute Gasteiger partial charge is 0.321 e. The monoisotopic (exact) mass is 199 g/mol. The van der Waals surface area contributed by atoms with Gasteiger partial charge in [0, 0.05) is 6.04 Å². The highest BCUT2D eigenvalue weighted by Gasteiger charge is 2.35. The zero-order chi connectivity index (χ0) is 10.7. The van der Waals surface area contributed by atoms with Crippen molar-refractivity contribution in [3.63, 3.8) is 0 Å². The lowest BCUT2D eigenvalue weighted by Gasteiger charge is -2.32. The van der Waals surface area contributed by atoms with Crippen LogP contribution >= 0.6 is 0 Å². The van der Waals surface area contributed by atoms with E-state index in [1.807, 2.05) is 13.8 Å². The van der Waals surface area contributed by atoms with Gasteiger partial charge in [-0.2, -0.15) is 0 Å². The number of carboxylic acid groups (broad SMARTS) is 1. The average Bonchev–Trinajstić information content (AvgIpc) is 2.51. The van der Waals surface area contributed by atoms with Crippen molar-refractivity contribution >= 4 is 5.97 Å². The van der Waals surface area contributed by atoms with Gasteiger partial charge in [-0.15, -0.1) is 0 Å². The van der Waals surface area contributed by atoms with Gasteiger partial charge in [0.25, 0.3) is 0 Å². The van der Waals surface area contributed by atoms with Crippen LogP contribution in [0, 0.1) is 5.92 Å². The van der Waals surface area contributed by atoms with Crippen LogP contribution in [-0.4, -0.2) is 34.6 Å². The predicted octanol–water partition coefficient (Wildman–Crippen LogP) is 1.97. The molecule has 0 aromatic carbocycles. The molecule has 1 rings (SSSR count). The molecule has 0 amide bonds. The summed E-state index contributed by atoms with van der Waals surface area (Å²) in [5.41, 5.74) is 0. The van der Waals surface area contributed by atoms with E-state index in [4.69, 9.17) is 0 Å². The summed E-state index contributed by atoms with van der Waals surface area (Å²) >= 11 is 0. The molecule has 3 heteroatoms. The fourth-order valence-electron chi connectivity index (χ4n) is 2.47. The molecule has 14 heavy (non-hydrogen) atoms. The minimum absolute atomic E-state index is 0.194. The quantitative estimate of drug-likeness (QED) is 0.752. The van der Waals surface area contributed by atoms with E-state index in [9.17, 15) is 9.90 Å². The van der Waals surface area contributed by atoms with Crippen molar-refractivity contribution in [3.8, 4) is 0 Å². The summed E-state index contributed by atoms with van der Waals surface area (Å²) in [5.74, 6) is -0.472. The minimum Gasteiger partial charge on any atom is -0.480 e. The van der Waals surface area contributed by atoms with E-state index in [0.29, 0.717) is 6.04 Å². The van der Waals surface area contributed by atoms with Crippen LogP contribution in [0.1, 0.15) is 40.0 Å². The largest absolute Gasteiger partial charge is 0.480 e. The summed E-state index contributed by atoms with van der Waals surface area (Å²) in [4.78, 5) is 13.3. The molecule has 0 bridgehead atoms. The van der Waals surface area contributed by atoms with E-state index in [1.54, 1.807) is 0 Å². The lowest BCUT2D eigenvalue weighted by molar-refractivity contribution is -0.145. The molecule has 0 aliphatic carbocycles. The van der Waals surface area contributed by atoms with Crippen molar-refractivity contribution in [1.29, 1.82) is 0 Å². The van der Waals surface area contributed by atoms with E-state index in [2.05, 4.69) is 11.8 Å². The average molecular weight is 199 g/mol. The normalized spacial score (nSPS) is 25.6. The summed E-state index contributed by atoms with van der Waals surface area (Å²) in [6, 6.07) is 0.195. The Morgan fingerprint density at radius 3 is 2.64 bits per heavy atom. The van der Waals surface area contributed by atoms with Gasteiger partial charge < -0.3 is 5.11 Å². The molecule has 1 aliphatic rings. The first-order valence-electron chi connectivity index (χ1n) is 5.56. The second-order valence-electron chi connectivity index (χ2n) is 4.47. The van der Waals surface area contributed by atoms with Crippen LogP contribution in [0.3, 0.4) is 0 Å². The molecule has 3 nitrogen and oxygen atoms in total. The molecular weight excluding hydrogens is 178 g/mol. The van der Waals surface area contributed by atoms with E-state index in [0.717, 1.165) is 25.8 Å². The van der Waals surface area contributed by atoms with E-state index in [-0.39, 0.29) is 12.0 Å². The van der Waals surface area contributed by atoms with Crippen molar-refractivity contribution in [1.82, 2.24) is 4.90 Å². The highest BCUT2D eigenvalue weighted by molar-refractivity contribution is 5.73. The van der Waals surface area contributed by atoms with Crippen molar-refractivity contribution < 1.29 is 9.90 Å². The Morgan fingerprint density at radius 2 is 2.21 bits per heavy atom. The number of rotatable bonds is 4. The topological polar surface area (TPSA) is 40.5 Å². The molecule has 1 N–H and O–H groups in total. The second-order valence-corrected chi connectivity index (χ2v) is 4.47. The van der Waals surface area contributed by atoms with Crippen molar-refractivity contribution in [2.45, 2.75) is 52.1 Å². The van der Waals surface area contributed by atoms with Gasteiger partial charge in [0.05, 0.1) is 0 Å². The highest BCUT2D eigenvalue weighted by Crippen LogP contribution is 2.25. The Morgan fingerprint density at radius 1 is 1.57 bits per heavy atom. The lowest BCUT2D eigenvalue weighted by Crippen LogP contribution is -2.47. The molecule has 82 valence electrons. The molecule has 2 unspecified atom stereocenters. The maximum absolute atomic E-state index is 11.1. The summed E-state index contributed by atoms with van der Waals surface area (Å²) < 4.78 is 0. The summed E-state index contributed by atoms with van der Waals surface area (Å²) in [5, 5.41) is 9.18. The second kappa shape index (κ2) is 4.78. The number of likely N-dealkylation sites (tertiary alicyclic amines) is 1. The van der Waals surface area contributed by atoms with Gasteiger partial charge in [-0.25, -0.2) is 0 Å². The first kappa shape index (κ1) is 11.5. The zero-order valence-corrected chi connectivity index (χ0v) is 9.36. The van der Waals surface area contributed by atoms with E-state index < -0.39 is 5.97 Å². The van der Waals surface area contributed by atoms with Gasteiger partial charge in [0.1, 0.15) is 6.04 Å². The molecule has 0 aromatic rings. The van der Waals surface area contributed by atoms with Gasteiger partial charge in [-0.05, 0) is 31.7 Å². The Kier molecular flexibility index (Phi) is 3.93. The third-order valence-electron chi connectivity index (χ3n) is 3.14. The third kappa shape index (κ3) is 2.27. The molecule has 0 spiro atoms. The Balaban J connectivity index is 2.72. The standard InChI is InChI=1S/C11H21NO2/c1-4-9-6-5-7-12(9)10(8(2)3)11(13)14/h8-10H,4-7H2,1-3H3,(H,13,14). The number of nitrogens with zero attached hydrogens (tertiary/aromatic N) is 1. The molecule has 1 saturated heterocycles. The van der Waals surface area contributed by atoms with Crippen LogP contribution in [0.4, 0.5) is 0 Å². The van der Waals surface area contributed by atoms with Crippen molar-refractivity contribution in [2.75, 3.05) is 6.54 Å². The van der Waals surface area contributed by atoms with Crippen LogP contribution in [0.5, 0.6) is 0 Å². The molecule has 1 heterocycles. The maximum atomic E-state index is 11.1. The number of carboxylic acids is 1. The van der Waals surface area contributed by atoms with Gasteiger partial charge in [-0.3, -0.25) is 9.69 Å². The molecule has 0 aromatic heterocycles. The van der Waals surface area contributed by atoms with E-state index in [1.165, 1.54) is 0 Å². The van der Waals surface area contributed by atoms with Crippen molar-refractivity contribution in [3.05, 3.63) is 0 Å². The number of hydrogen-bond donors (Lipinski definition) is 1. The number of carbonyl (C=O) groups is 1. The zero-order valence-electron chi connectivity index (χ0n) is 9.36. The van der Waals surface area contributed by atoms with Gasteiger partial charge in [0.15, 0.2) is 0 Å². The third-order valence-corrected chi connectivity index (χ3v) is 3.14. The number of aliphatic carboxylic acids is 1. The van der Waals surface area contributed by atoms with Crippen LogP contribution in [0.2, 0.25) is 0 Å². The summed E-state index contributed by atoms with van der Waals surface area (Å²) in [6.07, 6.45) is 3.37. The molecule has 1 fully saturated rings. The van der Waals surface area contributed by atoms with Crippen LogP contribution in [0.15, 0.2) is 0 Å². The first-order chi connectivity index (χ1) is 6.57. The predicted molar refractivity (Wildman–Crippen MR) is 56.3 cm³/mol. The van der Waals surface area contributed by atoms with Gasteiger partial charge >= 0.3 is 5.97 Å². The fourth-order valence-corrected chi connectivity index (χ4v) is 2.47. The number of hydrogen-bond acceptors (Lipinski definition) is 2. The lowest BCUT2D eigenvalue weighted by atomic mass is 10.0. The van der Waals surface area contributed by atoms with Gasteiger partial charge in [-0.1, -0.05) is 20.8 Å².